The highest BCUT2D eigenvalue weighted by atomic mass is 35.5. The van der Waals surface area contributed by atoms with Gasteiger partial charge in [0.2, 0.25) is 0 Å². The molecule has 2 rings (SSSR count). The van der Waals surface area contributed by atoms with E-state index >= 15 is 0 Å². The molecule has 1 fully saturated rings. The number of halogens is 1. The smallest absolute Gasteiger partial charge is 0.322 e. The maximum Gasteiger partial charge on any atom is 0.322 e. The molecule has 0 radical (unpaired) electrons. The summed E-state index contributed by atoms with van der Waals surface area (Å²) < 4.78 is 0. The number of hydrogen-bond acceptors (Lipinski definition) is 2. The highest BCUT2D eigenvalue weighted by Gasteiger charge is 2.32. The second-order valence-electron chi connectivity index (χ2n) is 5.44. The SMILES string of the molecule is Cc1c(Cl)cccc1NC(=O)N1CCC(C(=O)O)CC1C. The molecule has 1 aliphatic rings. The van der Waals surface area contributed by atoms with Gasteiger partial charge in [0.25, 0.3) is 0 Å². The summed E-state index contributed by atoms with van der Waals surface area (Å²) in [5, 5.41) is 12.5. The van der Waals surface area contributed by atoms with Gasteiger partial charge in [-0.05, 0) is 44.4 Å². The van der Waals surface area contributed by atoms with Gasteiger partial charge in [0.05, 0.1) is 5.92 Å². The predicted octanol–water partition coefficient (Wildman–Crippen LogP) is 3.37. The summed E-state index contributed by atoms with van der Waals surface area (Å²) in [6.07, 6.45) is 0.971. The Morgan fingerprint density at radius 1 is 1.43 bits per heavy atom. The van der Waals surface area contributed by atoms with Crippen LogP contribution >= 0.6 is 11.6 Å². The van der Waals surface area contributed by atoms with Gasteiger partial charge < -0.3 is 15.3 Å². The Kier molecular flexibility index (Phi) is 4.73. The van der Waals surface area contributed by atoms with Crippen LogP contribution in [0.25, 0.3) is 0 Å². The van der Waals surface area contributed by atoms with Gasteiger partial charge >= 0.3 is 12.0 Å². The number of aliphatic carboxylic acids is 1. The molecule has 1 heterocycles. The quantitative estimate of drug-likeness (QED) is 0.880. The van der Waals surface area contributed by atoms with Crippen molar-refractivity contribution < 1.29 is 14.7 Å². The third kappa shape index (κ3) is 3.47. The van der Waals surface area contributed by atoms with E-state index in [1.165, 1.54) is 0 Å². The van der Waals surface area contributed by atoms with Crippen LogP contribution in [0.3, 0.4) is 0 Å². The lowest BCUT2D eigenvalue weighted by Gasteiger charge is -2.36. The number of hydrogen-bond donors (Lipinski definition) is 2. The third-order valence-corrected chi connectivity index (χ3v) is 4.41. The molecule has 21 heavy (non-hydrogen) atoms. The Morgan fingerprint density at radius 3 is 2.76 bits per heavy atom. The molecule has 2 atom stereocenters. The maximum atomic E-state index is 12.3. The molecule has 2 unspecified atom stereocenters. The van der Waals surface area contributed by atoms with Crippen LogP contribution in [0.2, 0.25) is 5.02 Å². The number of anilines is 1. The maximum absolute atomic E-state index is 12.3. The van der Waals surface area contributed by atoms with E-state index in [1.54, 1.807) is 23.1 Å². The van der Waals surface area contributed by atoms with Crippen LogP contribution in [0.1, 0.15) is 25.3 Å². The first-order chi connectivity index (χ1) is 9.90. The molecule has 0 saturated carbocycles. The van der Waals surface area contributed by atoms with Gasteiger partial charge in [-0.25, -0.2) is 4.79 Å². The van der Waals surface area contributed by atoms with Gasteiger partial charge in [-0.3, -0.25) is 4.79 Å². The molecule has 0 bridgehead atoms. The first kappa shape index (κ1) is 15.6. The van der Waals surface area contributed by atoms with Crippen molar-refractivity contribution in [3.8, 4) is 0 Å². The van der Waals surface area contributed by atoms with E-state index in [4.69, 9.17) is 16.7 Å². The molecule has 5 nitrogen and oxygen atoms in total. The number of carboxylic acids is 1. The monoisotopic (exact) mass is 310 g/mol. The van der Waals surface area contributed by atoms with Crippen molar-refractivity contribution >= 4 is 29.3 Å². The van der Waals surface area contributed by atoms with Crippen molar-refractivity contribution in [3.63, 3.8) is 0 Å². The van der Waals surface area contributed by atoms with Gasteiger partial charge in [0.15, 0.2) is 0 Å². The van der Waals surface area contributed by atoms with E-state index in [9.17, 15) is 9.59 Å². The number of likely N-dealkylation sites (tertiary alicyclic amines) is 1. The van der Waals surface area contributed by atoms with Gasteiger partial charge in [-0.15, -0.1) is 0 Å². The number of carboxylic acid groups (broad SMARTS) is 1. The number of carbonyl (C=O) groups excluding carboxylic acids is 1. The average Bonchev–Trinajstić information content (AvgIpc) is 2.43. The zero-order chi connectivity index (χ0) is 15.6. The number of carbonyl (C=O) groups is 2. The molecule has 114 valence electrons. The highest BCUT2D eigenvalue weighted by molar-refractivity contribution is 6.31. The van der Waals surface area contributed by atoms with Crippen LogP contribution in [-0.2, 0) is 4.79 Å². The standard InChI is InChI=1S/C15H19ClN2O3/c1-9-8-11(14(19)20)6-7-18(9)15(21)17-13-5-3-4-12(16)10(13)2/h3-5,9,11H,6-8H2,1-2H3,(H,17,21)(H,19,20). The zero-order valence-electron chi connectivity index (χ0n) is 12.1. The van der Waals surface area contributed by atoms with Crippen molar-refractivity contribution in [2.45, 2.75) is 32.7 Å². The average molecular weight is 311 g/mol. The molecule has 2 N–H and O–H groups in total. The second-order valence-corrected chi connectivity index (χ2v) is 5.85. The van der Waals surface area contributed by atoms with Crippen molar-refractivity contribution in [2.75, 3.05) is 11.9 Å². The van der Waals surface area contributed by atoms with E-state index < -0.39 is 5.97 Å². The van der Waals surface area contributed by atoms with Gasteiger partial charge in [0, 0.05) is 23.3 Å². The van der Waals surface area contributed by atoms with E-state index in [1.807, 2.05) is 13.8 Å². The van der Waals surface area contributed by atoms with Crippen LogP contribution in [0.15, 0.2) is 18.2 Å². The summed E-state index contributed by atoms with van der Waals surface area (Å²) in [5.41, 5.74) is 1.50. The number of piperidine rings is 1. The summed E-state index contributed by atoms with van der Waals surface area (Å²) in [4.78, 5) is 25.0. The predicted molar refractivity (Wildman–Crippen MR) is 81.7 cm³/mol. The van der Waals surface area contributed by atoms with Crippen molar-refractivity contribution in [1.29, 1.82) is 0 Å². The number of amides is 2. The molecule has 0 aliphatic carbocycles. The number of nitrogens with zero attached hydrogens (tertiary/aromatic N) is 1. The van der Waals surface area contributed by atoms with E-state index in [0.717, 1.165) is 5.56 Å². The summed E-state index contributed by atoms with van der Waals surface area (Å²) in [6.45, 7) is 4.17. The minimum absolute atomic E-state index is 0.0978. The summed E-state index contributed by atoms with van der Waals surface area (Å²) in [6, 6.07) is 5.04. The molecule has 0 aromatic heterocycles. The van der Waals surface area contributed by atoms with Crippen molar-refractivity contribution in [3.05, 3.63) is 28.8 Å². The minimum Gasteiger partial charge on any atom is -0.481 e. The Balaban J connectivity index is 2.04. The van der Waals surface area contributed by atoms with E-state index in [-0.39, 0.29) is 18.0 Å². The first-order valence-corrected chi connectivity index (χ1v) is 7.33. The molecule has 0 spiro atoms. The second kappa shape index (κ2) is 6.35. The molecular formula is C15H19ClN2O3. The van der Waals surface area contributed by atoms with Gasteiger partial charge in [-0.1, -0.05) is 17.7 Å². The molecule has 1 aliphatic heterocycles. The molecular weight excluding hydrogens is 292 g/mol. The van der Waals surface area contributed by atoms with Crippen LogP contribution in [0.5, 0.6) is 0 Å². The summed E-state index contributed by atoms with van der Waals surface area (Å²) >= 11 is 6.04. The van der Waals surface area contributed by atoms with Crippen molar-refractivity contribution in [2.24, 2.45) is 5.92 Å². The fraction of sp³-hybridized carbons (Fsp3) is 0.467. The number of rotatable bonds is 2. The lowest BCUT2D eigenvalue weighted by molar-refractivity contribution is -0.143. The largest absolute Gasteiger partial charge is 0.481 e. The Hall–Kier alpha value is -1.75. The van der Waals surface area contributed by atoms with Gasteiger partial charge in [0.1, 0.15) is 0 Å². The molecule has 2 amide bonds. The Labute approximate surface area is 128 Å². The molecule has 1 aromatic carbocycles. The third-order valence-electron chi connectivity index (χ3n) is 4.00. The van der Waals surface area contributed by atoms with Crippen LogP contribution in [-0.4, -0.2) is 34.6 Å². The molecule has 1 aromatic rings. The number of urea groups is 1. The zero-order valence-corrected chi connectivity index (χ0v) is 12.9. The van der Waals surface area contributed by atoms with E-state index in [2.05, 4.69) is 5.32 Å². The molecule has 6 heteroatoms. The minimum atomic E-state index is -0.785. The lowest BCUT2D eigenvalue weighted by Crippen LogP contribution is -2.47. The Morgan fingerprint density at radius 2 is 2.14 bits per heavy atom. The van der Waals surface area contributed by atoms with Gasteiger partial charge in [-0.2, -0.15) is 0 Å². The summed E-state index contributed by atoms with van der Waals surface area (Å²) in [5.74, 6) is -1.15. The lowest BCUT2D eigenvalue weighted by atomic mass is 9.92. The fourth-order valence-corrected chi connectivity index (χ4v) is 2.80. The Bertz CT molecular complexity index is 562. The number of nitrogens with one attached hydrogen (secondary N) is 1. The van der Waals surface area contributed by atoms with Crippen LogP contribution < -0.4 is 5.32 Å². The van der Waals surface area contributed by atoms with Crippen molar-refractivity contribution in [1.82, 2.24) is 4.90 Å². The molecule has 1 saturated heterocycles. The normalized spacial score (nSPS) is 22.0. The van der Waals surface area contributed by atoms with Crippen LogP contribution in [0, 0.1) is 12.8 Å². The fourth-order valence-electron chi connectivity index (χ4n) is 2.63. The summed E-state index contributed by atoms with van der Waals surface area (Å²) in [7, 11) is 0. The van der Waals surface area contributed by atoms with E-state index in [0.29, 0.717) is 30.1 Å². The first-order valence-electron chi connectivity index (χ1n) is 6.95. The highest BCUT2D eigenvalue weighted by Crippen LogP contribution is 2.26. The van der Waals surface area contributed by atoms with Crippen LogP contribution in [0.4, 0.5) is 10.5 Å². The topological polar surface area (TPSA) is 69.6 Å². The number of benzene rings is 1.